The molecule has 78 valence electrons. The normalized spacial score (nSPS) is 40.5. The Morgan fingerprint density at radius 1 is 1.43 bits per heavy atom. The first-order valence-electron chi connectivity index (χ1n) is 5.28. The molecule has 0 heterocycles. The van der Waals surface area contributed by atoms with Crippen molar-refractivity contribution in [2.45, 2.75) is 33.6 Å². The van der Waals surface area contributed by atoms with Gasteiger partial charge in [-0.2, -0.15) is 0 Å². The number of carbonyl (C=O) groups is 1. The number of fused-ring (bicyclic) bond motifs is 2. The molecule has 0 aromatic rings. The Morgan fingerprint density at radius 3 is 2.43 bits per heavy atom. The molecule has 0 radical (unpaired) electrons. The van der Waals surface area contributed by atoms with Crippen molar-refractivity contribution in [3.05, 3.63) is 12.2 Å². The van der Waals surface area contributed by atoms with Crippen LogP contribution in [0.2, 0.25) is 0 Å². The zero-order valence-corrected chi connectivity index (χ0v) is 9.08. The molecule has 1 N–H and O–H groups in total. The average molecular weight is 194 g/mol. The second-order valence-corrected chi connectivity index (χ2v) is 5.87. The monoisotopic (exact) mass is 194 g/mol. The molecule has 14 heavy (non-hydrogen) atoms. The minimum absolute atomic E-state index is 0.229. The van der Waals surface area contributed by atoms with Gasteiger partial charge in [-0.05, 0) is 30.1 Å². The zero-order valence-electron chi connectivity index (χ0n) is 9.08. The van der Waals surface area contributed by atoms with Crippen molar-refractivity contribution in [2.75, 3.05) is 0 Å². The van der Waals surface area contributed by atoms with Gasteiger partial charge in [0.05, 0.1) is 5.41 Å². The third-order valence-corrected chi connectivity index (χ3v) is 3.90. The smallest absolute Gasteiger partial charge is 0.313 e. The third kappa shape index (κ3) is 1.20. The number of hydrogen-bond donors (Lipinski definition) is 1. The maximum atomic E-state index is 11.2. The molecule has 1 saturated carbocycles. The van der Waals surface area contributed by atoms with Crippen molar-refractivity contribution in [1.82, 2.24) is 0 Å². The maximum absolute atomic E-state index is 11.2. The van der Waals surface area contributed by atoms with Crippen LogP contribution in [-0.2, 0) is 4.79 Å². The summed E-state index contributed by atoms with van der Waals surface area (Å²) in [6.07, 6.45) is 5.69. The van der Waals surface area contributed by atoms with Crippen LogP contribution in [0, 0.1) is 22.7 Å². The Bertz CT molecular complexity index is 298. The predicted octanol–water partition coefficient (Wildman–Crippen LogP) is 2.70. The number of allylic oxidation sites excluding steroid dienone is 1. The fourth-order valence-corrected chi connectivity index (χ4v) is 3.03. The van der Waals surface area contributed by atoms with E-state index < -0.39 is 11.4 Å². The first kappa shape index (κ1) is 9.75. The van der Waals surface area contributed by atoms with Crippen molar-refractivity contribution < 1.29 is 9.90 Å². The highest BCUT2D eigenvalue weighted by Crippen LogP contribution is 2.57. The molecule has 0 aromatic carbocycles. The molecule has 2 nitrogen and oxygen atoms in total. The molecule has 2 bridgehead atoms. The van der Waals surface area contributed by atoms with Crippen LogP contribution in [0.1, 0.15) is 33.6 Å². The number of aliphatic carboxylic acids is 1. The molecule has 0 aromatic heterocycles. The molecular formula is C12H18O2. The van der Waals surface area contributed by atoms with Crippen LogP contribution in [-0.4, -0.2) is 11.1 Å². The average Bonchev–Trinajstić information content (AvgIpc) is 2.59. The van der Waals surface area contributed by atoms with Crippen LogP contribution in [0.5, 0.6) is 0 Å². The Labute approximate surface area is 85.0 Å². The molecule has 2 aliphatic rings. The van der Waals surface area contributed by atoms with E-state index in [1.807, 2.05) is 6.08 Å². The highest BCUT2D eigenvalue weighted by molar-refractivity contribution is 5.78. The highest BCUT2D eigenvalue weighted by atomic mass is 16.4. The van der Waals surface area contributed by atoms with Crippen molar-refractivity contribution in [1.29, 1.82) is 0 Å². The predicted molar refractivity (Wildman–Crippen MR) is 54.9 cm³/mol. The number of carboxylic acid groups (broad SMARTS) is 1. The van der Waals surface area contributed by atoms with Gasteiger partial charge in [0.15, 0.2) is 0 Å². The Morgan fingerprint density at radius 2 is 2.07 bits per heavy atom. The van der Waals surface area contributed by atoms with Gasteiger partial charge >= 0.3 is 5.97 Å². The van der Waals surface area contributed by atoms with E-state index in [0.29, 0.717) is 11.8 Å². The zero-order chi connectivity index (χ0) is 10.6. The minimum Gasteiger partial charge on any atom is -0.481 e. The van der Waals surface area contributed by atoms with Gasteiger partial charge in [-0.1, -0.05) is 32.9 Å². The fraction of sp³-hybridized carbons (Fsp3) is 0.750. The van der Waals surface area contributed by atoms with E-state index in [2.05, 4.69) is 26.8 Å². The summed E-state index contributed by atoms with van der Waals surface area (Å²) in [5.41, 5.74) is -0.296. The van der Waals surface area contributed by atoms with E-state index in [0.717, 1.165) is 12.8 Å². The molecule has 2 rings (SSSR count). The SMILES string of the molecule is CC(C)(C)C1CC2(C(=O)O)C=CC1C2. The van der Waals surface area contributed by atoms with Gasteiger partial charge in [-0.3, -0.25) is 4.79 Å². The van der Waals surface area contributed by atoms with Gasteiger partial charge in [0.25, 0.3) is 0 Å². The third-order valence-electron chi connectivity index (χ3n) is 3.90. The lowest BCUT2D eigenvalue weighted by Gasteiger charge is -2.33. The molecule has 0 saturated heterocycles. The first-order valence-corrected chi connectivity index (χ1v) is 5.28. The van der Waals surface area contributed by atoms with Crippen LogP contribution in [0.25, 0.3) is 0 Å². The van der Waals surface area contributed by atoms with Gasteiger partial charge in [0, 0.05) is 0 Å². The van der Waals surface area contributed by atoms with Gasteiger partial charge in [0.1, 0.15) is 0 Å². The van der Waals surface area contributed by atoms with E-state index in [4.69, 9.17) is 0 Å². The molecule has 1 fully saturated rings. The Hall–Kier alpha value is -0.790. The first-order chi connectivity index (χ1) is 6.35. The lowest BCUT2D eigenvalue weighted by Crippen LogP contribution is -2.29. The molecule has 3 atom stereocenters. The van der Waals surface area contributed by atoms with Gasteiger partial charge in [-0.15, -0.1) is 0 Å². The summed E-state index contributed by atoms with van der Waals surface area (Å²) < 4.78 is 0. The Kier molecular flexibility index (Phi) is 1.82. The van der Waals surface area contributed by atoms with Gasteiger partial charge < -0.3 is 5.11 Å². The number of carboxylic acids is 1. The Balaban J connectivity index is 2.26. The van der Waals surface area contributed by atoms with Crippen LogP contribution in [0.4, 0.5) is 0 Å². The standard InChI is InChI=1S/C12H18O2/c1-11(2,3)9-7-12(10(13)14)5-4-8(9)6-12/h4-5,8-9H,6-7H2,1-3H3,(H,13,14). The minimum atomic E-state index is -0.636. The largest absolute Gasteiger partial charge is 0.481 e. The molecule has 3 unspecified atom stereocenters. The molecule has 2 aliphatic carbocycles. The van der Waals surface area contributed by atoms with E-state index in [9.17, 15) is 9.90 Å². The van der Waals surface area contributed by atoms with Crippen LogP contribution >= 0.6 is 0 Å². The topological polar surface area (TPSA) is 37.3 Å². The van der Waals surface area contributed by atoms with Crippen LogP contribution in [0.3, 0.4) is 0 Å². The van der Waals surface area contributed by atoms with Crippen molar-refractivity contribution in [3.63, 3.8) is 0 Å². The summed E-state index contributed by atoms with van der Waals surface area (Å²) in [6, 6.07) is 0. The van der Waals surface area contributed by atoms with Crippen molar-refractivity contribution in [3.8, 4) is 0 Å². The summed E-state index contributed by atoms with van der Waals surface area (Å²) in [5, 5.41) is 9.22. The lowest BCUT2D eigenvalue weighted by molar-refractivity contribution is -0.145. The van der Waals surface area contributed by atoms with Crippen LogP contribution in [0.15, 0.2) is 12.2 Å². The molecule has 0 amide bonds. The summed E-state index contributed by atoms with van der Waals surface area (Å²) in [7, 11) is 0. The van der Waals surface area contributed by atoms with E-state index in [1.165, 1.54) is 0 Å². The van der Waals surface area contributed by atoms with E-state index in [1.54, 1.807) is 0 Å². The summed E-state index contributed by atoms with van der Waals surface area (Å²) in [5.74, 6) is 0.387. The van der Waals surface area contributed by atoms with Gasteiger partial charge in [-0.25, -0.2) is 0 Å². The summed E-state index contributed by atoms with van der Waals surface area (Å²) in [6.45, 7) is 6.63. The van der Waals surface area contributed by atoms with E-state index in [-0.39, 0.29) is 5.41 Å². The number of rotatable bonds is 1. The van der Waals surface area contributed by atoms with Crippen LogP contribution < -0.4 is 0 Å². The van der Waals surface area contributed by atoms with Crippen molar-refractivity contribution in [2.24, 2.45) is 22.7 Å². The van der Waals surface area contributed by atoms with Gasteiger partial charge in [0.2, 0.25) is 0 Å². The maximum Gasteiger partial charge on any atom is 0.313 e. The quantitative estimate of drug-likeness (QED) is 0.652. The number of hydrogen-bond acceptors (Lipinski definition) is 1. The summed E-state index contributed by atoms with van der Waals surface area (Å²) >= 11 is 0. The fourth-order valence-electron chi connectivity index (χ4n) is 3.03. The van der Waals surface area contributed by atoms with E-state index >= 15 is 0 Å². The van der Waals surface area contributed by atoms with Crippen molar-refractivity contribution >= 4 is 5.97 Å². The molecule has 0 aliphatic heterocycles. The molecule has 0 spiro atoms. The summed E-state index contributed by atoms with van der Waals surface area (Å²) in [4.78, 5) is 11.2. The molecule has 2 heteroatoms. The lowest BCUT2D eigenvalue weighted by atomic mass is 9.72. The molecular weight excluding hydrogens is 176 g/mol. The highest BCUT2D eigenvalue weighted by Gasteiger charge is 2.54. The second-order valence-electron chi connectivity index (χ2n) is 5.87. The second kappa shape index (κ2) is 2.62.